The van der Waals surface area contributed by atoms with Crippen molar-refractivity contribution in [1.82, 2.24) is 14.8 Å². The van der Waals surface area contributed by atoms with E-state index in [1.54, 1.807) is 18.3 Å². The first-order valence-corrected chi connectivity index (χ1v) is 8.47. The zero-order valence-corrected chi connectivity index (χ0v) is 14.4. The number of nitrogens with zero attached hydrogens (tertiary/aromatic N) is 6. The number of halogens is 6. The van der Waals surface area contributed by atoms with Crippen molar-refractivity contribution in [3.8, 4) is 0 Å². The average Bonchev–Trinajstić information content (AvgIpc) is 2.69. The molecule has 1 aliphatic heterocycles. The second kappa shape index (κ2) is 5.85. The van der Waals surface area contributed by atoms with Gasteiger partial charge in [-0.05, 0) is 6.07 Å². The van der Waals surface area contributed by atoms with Crippen molar-refractivity contribution in [2.75, 3.05) is 28.2 Å². The Morgan fingerprint density at radius 1 is 1.08 bits per heavy atom. The van der Waals surface area contributed by atoms with Crippen LogP contribution in [0.3, 0.4) is 0 Å². The number of pyridine rings is 1. The first-order valence-electron chi connectivity index (χ1n) is 6.44. The van der Waals surface area contributed by atoms with Gasteiger partial charge in [0.15, 0.2) is 0 Å². The van der Waals surface area contributed by atoms with Crippen molar-refractivity contribution in [2.24, 2.45) is 5.22 Å². The van der Waals surface area contributed by atoms with Crippen LogP contribution in [0.2, 0.25) is 0 Å². The maximum atomic E-state index is 11.6. The second-order valence-corrected chi connectivity index (χ2v) is 7.12. The molecular formula is C11H15F6N6OP. The van der Waals surface area contributed by atoms with Gasteiger partial charge in [0.1, 0.15) is 0 Å². The Labute approximate surface area is 138 Å². The van der Waals surface area contributed by atoms with Gasteiger partial charge in [-0.2, -0.15) is 4.98 Å². The molecule has 1 aliphatic rings. The predicted molar refractivity (Wildman–Crippen MR) is 79.3 cm³/mol. The molecule has 0 bridgehead atoms. The Bertz CT molecular complexity index is 745. The number of fused-ring (bicyclic) bond motifs is 1. The summed E-state index contributed by atoms with van der Waals surface area (Å²) in [7, 11) is -3.06. The third-order valence-electron chi connectivity index (χ3n) is 2.40. The Kier molecular flexibility index (Phi) is 4.83. The third-order valence-corrected chi connectivity index (χ3v) is 2.40. The van der Waals surface area contributed by atoms with Crippen molar-refractivity contribution < 1.29 is 34.7 Å². The number of hydrogen-bond donors (Lipinski definition) is 0. The summed E-state index contributed by atoms with van der Waals surface area (Å²) in [6.07, 6.45) is 1.56. The van der Waals surface area contributed by atoms with E-state index in [1.165, 1.54) is 4.68 Å². The van der Waals surface area contributed by atoms with Crippen LogP contribution in [0.15, 0.2) is 29.4 Å². The van der Waals surface area contributed by atoms with Crippen molar-refractivity contribution >= 4 is 25.2 Å². The molecule has 1 aromatic rings. The minimum atomic E-state index is -10.7. The van der Waals surface area contributed by atoms with E-state index < -0.39 is 7.81 Å². The van der Waals surface area contributed by atoms with Crippen LogP contribution >= 0.6 is 7.81 Å². The molecule has 0 saturated heterocycles. The molecule has 7 nitrogen and oxygen atoms in total. The van der Waals surface area contributed by atoms with E-state index in [-0.39, 0.29) is 5.82 Å². The van der Waals surface area contributed by atoms with Crippen LogP contribution in [0.4, 0.5) is 36.7 Å². The fourth-order valence-corrected chi connectivity index (χ4v) is 1.65. The van der Waals surface area contributed by atoms with E-state index >= 15 is 0 Å². The molecule has 0 amide bonds. The molecule has 142 valence electrons. The molecule has 0 aromatic carbocycles. The van der Waals surface area contributed by atoms with Gasteiger partial charge >= 0.3 is 49.7 Å². The monoisotopic (exact) mass is 392 g/mol. The van der Waals surface area contributed by atoms with E-state index in [0.717, 1.165) is 5.82 Å². The van der Waals surface area contributed by atoms with Gasteiger partial charge in [0.05, 0.1) is 4.68 Å². The summed E-state index contributed by atoms with van der Waals surface area (Å²) in [5.74, 6) is 4.13. The van der Waals surface area contributed by atoms with Crippen LogP contribution < -0.4 is 0 Å². The summed E-state index contributed by atoms with van der Waals surface area (Å²) in [5, 5.41) is 15.4. The Morgan fingerprint density at radius 3 is 2.00 bits per heavy atom. The average molecular weight is 392 g/mol. The van der Waals surface area contributed by atoms with Crippen LogP contribution in [-0.2, 0) is 0 Å². The molecular weight excluding hydrogens is 377 g/mol. The van der Waals surface area contributed by atoms with Gasteiger partial charge in [-0.1, -0.05) is 0 Å². The van der Waals surface area contributed by atoms with Crippen molar-refractivity contribution in [3.05, 3.63) is 29.4 Å². The Hall–Kier alpha value is -2.39. The van der Waals surface area contributed by atoms with Crippen LogP contribution in [0.5, 0.6) is 0 Å². The van der Waals surface area contributed by atoms with E-state index in [4.69, 9.17) is 0 Å². The van der Waals surface area contributed by atoms with Gasteiger partial charge in [-0.25, -0.2) is 0 Å². The van der Waals surface area contributed by atoms with Crippen molar-refractivity contribution in [1.29, 1.82) is 0 Å². The Morgan fingerprint density at radius 2 is 1.56 bits per heavy atom. The number of rotatable bonds is 2. The molecule has 14 heteroatoms. The standard InChI is InChI=1S/C11H15N6O.F6P/c1-14(2)10(15(3)4)8-16-9-6-5-7-12-11(9)17(18)13-16;1-7(2,3,4,5)6/h5-7H,1-4H3;/q+1;-1. The number of hydrogen-bond acceptors (Lipinski definition) is 5. The molecule has 0 N–H and O–H groups in total. The molecule has 0 spiro atoms. The SMILES string of the molecule is CN(C)C(=C=[N+]1N=[N+]([O-])c2ncccc21)N(C)C.F[P-](F)(F)(F)(F)F. The molecule has 25 heavy (non-hydrogen) atoms. The van der Waals surface area contributed by atoms with Gasteiger partial charge < -0.3 is 15.0 Å². The molecule has 0 unspecified atom stereocenters. The fraction of sp³-hybridized carbons (Fsp3) is 0.364. The molecule has 2 rings (SSSR count). The fourth-order valence-electron chi connectivity index (χ4n) is 1.65. The van der Waals surface area contributed by atoms with Crippen LogP contribution in [0.1, 0.15) is 0 Å². The quantitative estimate of drug-likeness (QED) is 0.327. The predicted octanol–water partition coefficient (Wildman–Crippen LogP) is 4.26. The van der Waals surface area contributed by atoms with Gasteiger partial charge in [-0.3, -0.25) is 0 Å². The van der Waals surface area contributed by atoms with Crippen LogP contribution in [0.25, 0.3) is 0 Å². The summed E-state index contributed by atoms with van der Waals surface area (Å²) < 4.78 is 60.6. The zero-order valence-electron chi connectivity index (χ0n) is 13.5. The van der Waals surface area contributed by atoms with E-state index in [1.807, 2.05) is 38.0 Å². The van der Waals surface area contributed by atoms with Crippen LogP contribution in [-0.4, -0.2) is 58.4 Å². The normalized spacial score (nSPS) is 15.6. The van der Waals surface area contributed by atoms with Gasteiger partial charge in [-0.15, -0.1) is 0 Å². The molecule has 1 aromatic heterocycles. The van der Waals surface area contributed by atoms with Gasteiger partial charge in [0.2, 0.25) is 5.82 Å². The summed E-state index contributed by atoms with van der Waals surface area (Å²) in [4.78, 5) is 8.26. The van der Waals surface area contributed by atoms with E-state index in [0.29, 0.717) is 10.5 Å². The molecule has 2 heterocycles. The third kappa shape index (κ3) is 7.81. The second-order valence-electron chi connectivity index (χ2n) is 5.20. The molecule has 0 fully saturated rings. The summed E-state index contributed by atoms with van der Waals surface area (Å²) in [5.41, 5.74) is 0.619. The number of aromatic nitrogens is 1. The van der Waals surface area contributed by atoms with Crippen molar-refractivity contribution in [2.45, 2.75) is 0 Å². The van der Waals surface area contributed by atoms with E-state index in [2.05, 4.69) is 16.1 Å². The van der Waals surface area contributed by atoms with Gasteiger partial charge in [0, 0.05) is 45.3 Å². The molecule has 0 atom stereocenters. The molecule has 0 aliphatic carbocycles. The van der Waals surface area contributed by atoms with Crippen molar-refractivity contribution in [3.63, 3.8) is 0 Å². The Balaban J connectivity index is 0.000000381. The topological polar surface area (TPSA) is 60.8 Å². The van der Waals surface area contributed by atoms with E-state index in [9.17, 15) is 30.4 Å². The molecule has 0 saturated carbocycles. The minimum absolute atomic E-state index is 0.280. The van der Waals surface area contributed by atoms with Gasteiger partial charge in [0.25, 0.3) is 5.87 Å². The summed E-state index contributed by atoms with van der Waals surface area (Å²) >= 11 is 0. The zero-order chi connectivity index (χ0) is 19.7. The first-order chi connectivity index (χ1) is 11.0. The van der Waals surface area contributed by atoms with Crippen LogP contribution in [0, 0.1) is 5.21 Å². The first kappa shape index (κ1) is 20.7. The maximum absolute atomic E-state index is 11.6. The molecule has 0 radical (unpaired) electrons. The summed E-state index contributed by atoms with van der Waals surface area (Å²) in [6, 6.07) is 3.53. The summed E-state index contributed by atoms with van der Waals surface area (Å²) in [6.45, 7) is 0.